The van der Waals surface area contributed by atoms with Gasteiger partial charge in [0.1, 0.15) is 6.04 Å². The predicted molar refractivity (Wildman–Crippen MR) is 122 cm³/mol. The summed E-state index contributed by atoms with van der Waals surface area (Å²) in [6.07, 6.45) is -0.0957. The van der Waals surface area contributed by atoms with Gasteiger partial charge in [-0.3, -0.25) is 14.4 Å². The van der Waals surface area contributed by atoms with E-state index in [1.165, 1.54) is 24.3 Å². The molecule has 0 aliphatic carbocycles. The number of alkyl halides is 2. The molecule has 0 bridgehead atoms. The molecule has 2 rings (SSSR count). The lowest BCUT2D eigenvalue weighted by atomic mass is 9.82. The van der Waals surface area contributed by atoms with Crippen molar-refractivity contribution in [2.75, 3.05) is 6.54 Å². The lowest BCUT2D eigenvalue weighted by Gasteiger charge is -2.33. The molecule has 2 amide bonds. The number of carbonyl (C=O) groups is 3. The first kappa shape index (κ1) is 27.7. The second-order valence-electron chi connectivity index (χ2n) is 9.28. The average Bonchev–Trinajstić information content (AvgIpc) is 3.16. The number of aliphatic hydroxyl groups is 1. The third-order valence-corrected chi connectivity index (χ3v) is 6.40. The zero-order valence-corrected chi connectivity index (χ0v) is 20.2. The molecule has 4 atom stereocenters. The summed E-state index contributed by atoms with van der Waals surface area (Å²) in [5, 5.41) is 25.1. The quantitative estimate of drug-likeness (QED) is 0.433. The van der Waals surface area contributed by atoms with E-state index in [0.29, 0.717) is 13.0 Å². The Labute approximate surface area is 202 Å². The van der Waals surface area contributed by atoms with Gasteiger partial charge in [0.05, 0.1) is 6.07 Å². The fourth-order valence-corrected chi connectivity index (χ4v) is 4.41. The Hall–Kier alpha value is -2.57. The molecule has 0 aromatic heterocycles. The highest BCUT2D eigenvalue weighted by molar-refractivity contribution is 6.31. The van der Waals surface area contributed by atoms with Gasteiger partial charge in [-0.25, -0.2) is 0 Å². The number of nitrogens with one attached hydrogen (secondary N) is 2. The normalized spacial score (nSPS) is 19.6. The van der Waals surface area contributed by atoms with E-state index in [0.717, 1.165) is 6.92 Å². The minimum Gasteiger partial charge on any atom is -0.379 e. The SMILES string of the molecule is CC(C)C[C@H](CC(=O)C(F)(F)[C@](C)(O)c1ccccc1Cl)C(=O)N[C@H](C#N)C[C@@H]1CCNC1=O. The van der Waals surface area contributed by atoms with Crippen LogP contribution in [-0.2, 0) is 20.0 Å². The van der Waals surface area contributed by atoms with Crippen LogP contribution in [-0.4, -0.2) is 41.2 Å². The van der Waals surface area contributed by atoms with Crippen molar-refractivity contribution in [3.63, 3.8) is 0 Å². The topological polar surface area (TPSA) is 119 Å². The molecule has 186 valence electrons. The number of Topliss-reactive ketones (excluding diaryl/α,β-unsaturated/α-hetero) is 1. The summed E-state index contributed by atoms with van der Waals surface area (Å²) in [4.78, 5) is 37.4. The molecule has 34 heavy (non-hydrogen) atoms. The third kappa shape index (κ3) is 6.30. The smallest absolute Gasteiger partial charge is 0.337 e. The molecule has 0 spiro atoms. The standard InChI is InChI=1S/C24H30ClF2N3O4/c1-14(2)10-16(22(33)30-17(13-28)11-15-8-9-29-21(15)32)12-20(31)24(26,27)23(3,34)18-6-4-5-7-19(18)25/h4-7,14-17,34H,8-12H2,1-3H3,(H,29,32)(H,30,33)/t15-,16+,17-,23+/m0/s1. The van der Waals surface area contributed by atoms with Gasteiger partial charge < -0.3 is 15.7 Å². The van der Waals surface area contributed by atoms with E-state index >= 15 is 8.78 Å². The van der Waals surface area contributed by atoms with Crippen molar-refractivity contribution in [3.8, 4) is 6.07 Å². The van der Waals surface area contributed by atoms with Crippen LogP contribution in [0.2, 0.25) is 5.02 Å². The van der Waals surface area contributed by atoms with E-state index in [2.05, 4.69) is 10.6 Å². The maximum absolute atomic E-state index is 15.2. The van der Waals surface area contributed by atoms with E-state index < -0.39 is 47.5 Å². The van der Waals surface area contributed by atoms with Crippen molar-refractivity contribution in [1.29, 1.82) is 5.26 Å². The number of nitrogens with zero attached hydrogens (tertiary/aromatic N) is 1. The minimum atomic E-state index is -4.23. The van der Waals surface area contributed by atoms with Gasteiger partial charge in [-0.15, -0.1) is 0 Å². The predicted octanol–water partition coefficient (Wildman–Crippen LogP) is 3.34. The van der Waals surface area contributed by atoms with E-state index in [4.69, 9.17) is 11.6 Å². The first-order valence-corrected chi connectivity index (χ1v) is 11.5. The van der Waals surface area contributed by atoms with Gasteiger partial charge in [-0.2, -0.15) is 14.0 Å². The lowest BCUT2D eigenvalue weighted by Crippen LogP contribution is -2.50. The molecule has 1 saturated heterocycles. The van der Waals surface area contributed by atoms with Crippen molar-refractivity contribution in [2.45, 2.75) is 64.0 Å². The summed E-state index contributed by atoms with van der Waals surface area (Å²) < 4.78 is 30.4. The monoisotopic (exact) mass is 497 g/mol. The molecule has 1 aliphatic heterocycles. The Bertz CT molecular complexity index is 962. The van der Waals surface area contributed by atoms with E-state index in [1.807, 2.05) is 6.07 Å². The van der Waals surface area contributed by atoms with E-state index in [9.17, 15) is 24.8 Å². The van der Waals surface area contributed by atoms with E-state index in [1.54, 1.807) is 13.8 Å². The Morgan fingerprint density at radius 2 is 2.00 bits per heavy atom. The Morgan fingerprint density at radius 3 is 2.53 bits per heavy atom. The molecule has 0 radical (unpaired) electrons. The number of amides is 2. The summed E-state index contributed by atoms with van der Waals surface area (Å²) in [7, 11) is 0. The zero-order valence-electron chi connectivity index (χ0n) is 19.4. The second kappa shape index (κ2) is 11.2. The number of rotatable bonds is 11. The first-order valence-electron chi connectivity index (χ1n) is 11.2. The molecule has 10 heteroatoms. The number of nitriles is 1. The van der Waals surface area contributed by atoms with Crippen LogP contribution in [0, 0.1) is 29.1 Å². The number of hydrogen-bond donors (Lipinski definition) is 3. The van der Waals surface area contributed by atoms with E-state index in [-0.39, 0.29) is 35.3 Å². The highest BCUT2D eigenvalue weighted by Crippen LogP contribution is 2.42. The number of carbonyl (C=O) groups excluding carboxylic acids is 3. The van der Waals surface area contributed by atoms with Crippen LogP contribution in [0.1, 0.15) is 52.0 Å². The fourth-order valence-electron chi connectivity index (χ4n) is 4.09. The van der Waals surface area contributed by atoms with Gasteiger partial charge in [-0.05, 0) is 38.2 Å². The largest absolute Gasteiger partial charge is 0.379 e. The van der Waals surface area contributed by atoms with Crippen LogP contribution in [0.4, 0.5) is 8.78 Å². The van der Waals surface area contributed by atoms with Gasteiger partial charge >= 0.3 is 5.92 Å². The second-order valence-corrected chi connectivity index (χ2v) is 9.69. The van der Waals surface area contributed by atoms with Crippen molar-refractivity contribution in [3.05, 3.63) is 34.9 Å². The molecule has 1 aliphatic rings. The van der Waals surface area contributed by atoms with Crippen molar-refractivity contribution in [2.24, 2.45) is 17.8 Å². The molecule has 0 unspecified atom stereocenters. The number of halogens is 3. The van der Waals surface area contributed by atoms with Crippen LogP contribution in [0.15, 0.2) is 24.3 Å². The molecule has 1 aromatic carbocycles. The summed E-state index contributed by atoms with van der Waals surface area (Å²) in [6.45, 7) is 4.84. The Balaban J connectivity index is 2.18. The molecular weight excluding hydrogens is 468 g/mol. The summed E-state index contributed by atoms with van der Waals surface area (Å²) >= 11 is 5.97. The zero-order chi connectivity index (χ0) is 25.7. The van der Waals surface area contributed by atoms with Crippen molar-refractivity contribution in [1.82, 2.24) is 10.6 Å². The molecule has 1 heterocycles. The highest BCUT2D eigenvalue weighted by Gasteiger charge is 2.57. The van der Waals surface area contributed by atoms with Gasteiger partial charge in [0.25, 0.3) is 0 Å². The van der Waals surface area contributed by atoms with Gasteiger partial charge in [0, 0.05) is 35.4 Å². The van der Waals surface area contributed by atoms with Gasteiger partial charge in [0.15, 0.2) is 5.60 Å². The number of ketones is 1. The third-order valence-electron chi connectivity index (χ3n) is 6.07. The maximum atomic E-state index is 15.2. The van der Waals surface area contributed by atoms with Crippen molar-refractivity contribution >= 4 is 29.2 Å². The van der Waals surface area contributed by atoms with Gasteiger partial charge in [-0.1, -0.05) is 43.6 Å². The lowest BCUT2D eigenvalue weighted by molar-refractivity contribution is -0.190. The Kier molecular flexibility index (Phi) is 9.15. The molecular formula is C24H30ClF2N3O4. The van der Waals surface area contributed by atoms with Gasteiger partial charge in [0.2, 0.25) is 17.6 Å². The van der Waals surface area contributed by atoms with Crippen LogP contribution in [0.3, 0.4) is 0 Å². The fraction of sp³-hybridized carbons (Fsp3) is 0.583. The number of hydrogen-bond acceptors (Lipinski definition) is 5. The molecule has 7 nitrogen and oxygen atoms in total. The first-order chi connectivity index (χ1) is 15.8. The highest BCUT2D eigenvalue weighted by atomic mass is 35.5. The van der Waals surface area contributed by atoms with Crippen molar-refractivity contribution < 1.29 is 28.3 Å². The van der Waals surface area contributed by atoms with Crippen LogP contribution in [0.5, 0.6) is 0 Å². The number of benzene rings is 1. The maximum Gasteiger partial charge on any atom is 0.337 e. The van der Waals surface area contributed by atoms with Crippen LogP contribution < -0.4 is 10.6 Å². The molecule has 3 N–H and O–H groups in total. The minimum absolute atomic E-state index is 0.0911. The summed E-state index contributed by atoms with van der Waals surface area (Å²) in [5.41, 5.74) is -3.20. The molecule has 0 saturated carbocycles. The van der Waals surface area contributed by atoms with Crippen LogP contribution >= 0.6 is 11.6 Å². The average molecular weight is 498 g/mol. The molecule has 1 fully saturated rings. The van der Waals surface area contributed by atoms with Crippen LogP contribution in [0.25, 0.3) is 0 Å². The Morgan fingerprint density at radius 1 is 1.35 bits per heavy atom. The summed E-state index contributed by atoms with van der Waals surface area (Å²) in [5.74, 6) is -8.45. The molecule has 1 aromatic rings. The summed E-state index contributed by atoms with van der Waals surface area (Å²) in [6, 6.07) is 6.38.